The fourth-order valence-electron chi connectivity index (χ4n) is 3.89. The summed E-state index contributed by atoms with van der Waals surface area (Å²) in [4.78, 5) is 3.66. The molecule has 36 heavy (non-hydrogen) atoms. The smallest absolute Gasteiger partial charge is 0.240 e. The predicted molar refractivity (Wildman–Crippen MR) is 129 cm³/mol. The van der Waals surface area contributed by atoms with Gasteiger partial charge in [0, 0.05) is 0 Å². The number of aromatic nitrogens is 1. The van der Waals surface area contributed by atoms with Crippen molar-refractivity contribution in [1.82, 2.24) is 4.98 Å². The standard InChI is InChI=1S/C25H22F3N3O4S/c1-15-7-8-18(17(26)11-15)30-21-19(27)20(28)22-24(35-14-29-22)23(21)31-36(32,33)25(9-10-25)13-34-12-16-5-3-2-4-6-16/h2-8,11,14,30-31H,9-10,12-13H2,1H3. The Kier molecular flexibility index (Phi) is 6.13. The molecule has 1 fully saturated rings. The van der Waals surface area contributed by atoms with E-state index in [4.69, 9.17) is 9.15 Å². The topological polar surface area (TPSA) is 93.5 Å². The molecule has 0 unspecified atom stereocenters. The number of rotatable bonds is 9. The van der Waals surface area contributed by atoms with E-state index in [-0.39, 0.29) is 24.5 Å². The van der Waals surface area contributed by atoms with E-state index in [1.165, 1.54) is 12.1 Å². The molecule has 0 radical (unpaired) electrons. The van der Waals surface area contributed by atoms with Crippen LogP contribution in [0.15, 0.2) is 59.3 Å². The number of nitrogens with one attached hydrogen (secondary N) is 2. The first-order chi connectivity index (χ1) is 17.2. The maximum Gasteiger partial charge on any atom is 0.240 e. The molecule has 3 aromatic carbocycles. The van der Waals surface area contributed by atoms with Gasteiger partial charge in [-0.15, -0.1) is 0 Å². The second-order valence-corrected chi connectivity index (χ2v) is 10.9. The fraction of sp³-hybridized carbons (Fsp3) is 0.240. The van der Waals surface area contributed by atoms with Crippen LogP contribution in [0.3, 0.4) is 0 Å². The summed E-state index contributed by atoms with van der Waals surface area (Å²) in [6.45, 7) is 1.78. The summed E-state index contributed by atoms with van der Waals surface area (Å²) in [5.41, 5.74) is -0.527. The van der Waals surface area contributed by atoms with Gasteiger partial charge in [-0.3, -0.25) is 4.72 Å². The molecule has 1 aromatic heterocycles. The third-order valence-electron chi connectivity index (χ3n) is 6.14. The number of aryl methyl sites for hydroxylation is 1. The first-order valence-corrected chi connectivity index (χ1v) is 12.6. The largest absolute Gasteiger partial charge is 0.441 e. The molecule has 0 bridgehead atoms. The number of oxazole rings is 1. The molecule has 11 heteroatoms. The van der Waals surface area contributed by atoms with Crippen molar-refractivity contribution in [3.63, 3.8) is 0 Å². The normalized spacial score (nSPS) is 14.7. The molecule has 1 aliphatic carbocycles. The summed E-state index contributed by atoms with van der Waals surface area (Å²) in [5.74, 6) is -3.52. The summed E-state index contributed by atoms with van der Waals surface area (Å²) in [6.07, 6.45) is 1.50. The average molecular weight is 518 g/mol. The number of hydrogen-bond acceptors (Lipinski definition) is 6. The van der Waals surface area contributed by atoms with Crippen LogP contribution in [0.1, 0.15) is 24.0 Å². The van der Waals surface area contributed by atoms with Gasteiger partial charge in [0.05, 0.1) is 18.9 Å². The van der Waals surface area contributed by atoms with E-state index in [2.05, 4.69) is 15.0 Å². The zero-order chi connectivity index (χ0) is 25.5. The van der Waals surface area contributed by atoms with Crippen LogP contribution in [0.4, 0.5) is 30.2 Å². The Balaban J connectivity index is 1.48. The highest BCUT2D eigenvalue weighted by molar-refractivity contribution is 7.94. The molecule has 188 valence electrons. The number of nitrogens with zero attached hydrogens (tertiary/aromatic N) is 1. The van der Waals surface area contributed by atoms with Crippen LogP contribution in [-0.2, 0) is 21.4 Å². The first-order valence-electron chi connectivity index (χ1n) is 11.1. The van der Waals surface area contributed by atoms with E-state index in [1.807, 2.05) is 30.3 Å². The lowest BCUT2D eigenvalue weighted by atomic mass is 10.2. The summed E-state index contributed by atoms with van der Waals surface area (Å²) in [7, 11) is -4.17. The van der Waals surface area contributed by atoms with Crippen LogP contribution < -0.4 is 10.0 Å². The highest BCUT2D eigenvalue weighted by Crippen LogP contribution is 2.47. The SMILES string of the molecule is Cc1ccc(Nc2c(F)c(F)c3ncoc3c2NS(=O)(=O)C2(COCc3ccccc3)CC2)c(F)c1. The van der Waals surface area contributed by atoms with Gasteiger partial charge in [-0.1, -0.05) is 36.4 Å². The molecule has 0 atom stereocenters. The molecule has 1 heterocycles. The van der Waals surface area contributed by atoms with Crippen molar-refractivity contribution in [1.29, 1.82) is 0 Å². The molecular weight excluding hydrogens is 495 g/mol. The first kappa shape index (κ1) is 24.1. The highest BCUT2D eigenvalue weighted by Gasteiger charge is 2.55. The summed E-state index contributed by atoms with van der Waals surface area (Å²) in [5, 5.41) is 2.48. The van der Waals surface area contributed by atoms with E-state index < -0.39 is 49.1 Å². The van der Waals surface area contributed by atoms with Crippen LogP contribution in [-0.4, -0.2) is 24.8 Å². The van der Waals surface area contributed by atoms with Gasteiger partial charge in [0.25, 0.3) is 0 Å². The molecule has 1 saturated carbocycles. The second kappa shape index (κ2) is 9.14. The Hall–Kier alpha value is -3.57. The monoisotopic (exact) mass is 517 g/mol. The van der Waals surface area contributed by atoms with E-state index >= 15 is 4.39 Å². The molecule has 1 aliphatic rings. The Labute approximate surface area is 205 Å². The molecular formula is C25H22F3N3O4S. The zero-order valence-electron chi connectivity index (χ0n) is 19.1. The van der Waals surface area contributed by atoms with Crippen molar-refractivity contribution < 1.29 is 30.7 Å². The minimum absolute atomic E-state index is 0.101. The van der Waals surface area contributed by atoms with Gasteiger partial charge in [-0.2, -0.15) is 0 Å². The quantitative estimate of drug-likeness (QED) is 0.292. The average Bonchev–Trinajstić information content (AvgIpc) is 3.49. The van der Waals surface area contributed by atoms with Gasteiger partial charge in [-0.05, 0) is 43.0 Å². The predicted octanol–water partition coefficient (Wildman–Crippen LogP) is 5.79. The third kappa shape index (κ3) is 4.40. The second-order valence-electron chi connectivity index (χ2n) is 8.78. The highest BCUT2D eigenvalue weighted by atomic mass is 32.2. The lowest BCUT2D eigenvalue weighted by Gasteiger charge is -2.21. The maximum absolute atomic E-state index is 15.1. The fourth-order valence-corrected chi connectivity index (χ4v) is 5.45. The molecule has 0 aliphatic heterocycles. The van der Waals surface area contributed by atoms with E-state index in [9.17, 15) is 17.2 Å². The van der Waals surface area contributed by atoms with Gasteiger partial charge in [0.2, 0.25) is 10.0 Å². The van der Waals surface area contributed by atoms with Crippen molar-refractivity contribution in [3.05, 3.63) is 83.5 Å². The number of sulfonamides is 1. The van der Waals surface area contributed by atoms with Crippen molar-refractivity contribution in [2.24, 2.45) is 0 Å². The van der Waals surface area contributed by atoms with Gasteiger partial charge in [-0.25, -0.2) is 26.6 Å². The molecule has 0 saturated heterocycles. The van der Waals surface area contributed by atoms with Crippen molar-refractivity contribution in [3.8, 4) is 0 Å². The lowest BCUT2D eigenvalue weighted by molar-refractivity contribution is 0.116. The number of anilines is 3. The maximum atomic E-state index is 15.1. The van der Waals surface area contributed by atoms with E-state index in [0.29, 0.717) is 18.4 Å². The van der Waals surface area contributed by atoms with Crippen molar-refractivity contribution >= 4 is 38.2 Å². The van der Waals surface area contributed by atoms with Crippen molar-refractivity contribution in [2.45, 2.75) is 31.1 Å². The molecule has 0 amide bonds. The van der Waals surface area contributed by atoms with Crippen LogP contribution >= 0.6 is 0 Å². The molecule has 5 rings (SSSR count). The summed E-state index contributed by atoms with van der Waals surface area (Å²) in [6, 6.07) is 13.4. The van der Waals surface area contributed by atoms with E-state index in [1.54, 1.807) is 13.0 Å². The number of fused-ring (bicyclic) bond motifs is 1. The Bertz CT molecular complexity index is 1540. The Morgan fingerprint density at radius 2 is 1.81 bits per heavy atom. The van der Waals surface area contributed by atoms with Gasteiger partial charge in [0.1, 0.15) is 21.9 Å². The minimum atomic E-state index is -4.17. The molecule has 7 nitrogen and oxygen atoms in total. The molecule has 0 spiro atoms. The van der Waals surface area contributed by atoms with E-state index in [0.717, 1.165) is 12.0 Å². The van der Waals surface area contributed by atoms with Gasteiger partial charge >= 0.3 is 0 Å². The number of halogens is 3. The number of benzene rings is 3. The third-order valence-corrected chi connectivity index (χ3v) is 8.28. The Morgan fingerprint density at radius 1 is 1.06 bits per heavy atom. The zero-order valence-corrected chi connectivity index (χ0v) is 20.0. The minimum Gasteiger partial charge on any atom is -0.441 e. The molecule has 4 aromatic rings. The van der Waals surface area contributed by atoms with Crippen LogP contribution in [0.25, 0.3) is 11.1 Å². The van der Waals surface area contributed by atoms with Crippen LogP contribution in [0.5, 0.6) is 0 Å². The van der Waals surface area contributed by atoms with Crippen LogP contribution in [0, 0.1) is 24.4 Å². The summed E-state index contributed by atoms with van der Waals surface area (Å²) < 4.78 is 83.2. The summed E-state index contributed by atoms with van der Waals surface area (Å²) >= 11 is 0. The van der Waals surface area contributed by atoms with Gasteiger partial charge in [0.15, 0.2) is 29.1 Å². The van der Waals surface area contributed by atoms with Gasteiger partial charge < -0.3 is 14.5 Å². The lowest BCUT2D eigenvalue weighted by Crippen LogP contribution is -2.34. The molecule has 2 N–H and O–H groups in total. The van der Waals surface area contributed by atoms with Crippen molar-refractivity contribution in [2.75, 3.05) is 16.6 Å². The number of hydrogen-bond donors (Lipinski definition) is 2. The van der Waals surface area contributed by atoms with Crippen LogP contribution in [0.2, 0.25) is 0 Å². The Morgan fingerprint density at radius 3 is 2.50 bits per heavy atom. The number of ether oxygens (including phenoxy) is 1.